The molecule has 8 heteroatoms. The topological polar surface area (TPSA) is 59.3 Å². The van der Waals surface area contributed by atoms with E-state index in [1.165, 1.54) is 23.5 Å². The summed E-state index contributed by atoms with van der Waals surface area (Å²) in [6, 6.07) is 23.3. The summed E-state index contributed by atoms with van der Waals surface area (Å²) in [6.45, 7) is 0.681. The Morgan fingerprint density at radius 1 is 1.03 bits per heavy atom. The molecular formula is C23H18Cl2N4OS. The van der Waals surface area contributed by atoms with Crippen molar-refractivity contribution in [1.82, 2.24) is 15.0 Å². The van der Waals surface area contributed by atoms with Gasteiger partial charge in [0.15, 0.2) is 5.16 Å². The third-order valence-corrected chi connectivity index (χ3v) is 6.20. The van der Waals surface area contributed by atoms with Crippen LogP contribution in [0.3, 0.4) is 0 Å². The molecule has 1 N–H and O–H groups in total. The fourth-order valence-corrected chi connectivity index (χ4v) is 4.13. The molecule has 156 valence electrons. The smallest absolute Gasteiger partial charge is 0.250 e. The molecule has 0 saturated heterocycles. The highest BCUT2D eigenvalue weighted by Gasteiger charge is 2.13. The van der Waals surface area contributed by atoms with E-state index in [0.717, 1.165) is 21.8 Å². The maximum absolute atomic E-state index is 12.3. The van der Waals surface area contributed by atoms with Gasteiger partial charge in [0.2, 0.25) is 0 Å². The number of nitrogens with one attached hydrogen (secondary N) is 1. The first kappa shape index (κ1) is 21.4. The lowest BCUT2D eigenvalue weighted by atomic mass is 10.2. The third kappa shape index (κ3) is 5.47. The van der Waals surface area contributed by atoms with Crippen molar-refractivity contribution in [1.29, 1.82) is 0 Å². The number of aromatic nitrogens is 2. The number of hydrogen-bond acceptors (Lipinski definition) is 4. The van der Waals surface area contributed by atoms with E-state index < -0.39 is 0 Å². The molecule has 3 aromatic carbocycles. The van der Waals surface area contributed by atoms with Crippen LogP contribution in [-0.4, -0.2) is 27.4 Å². The second kappa shape index (κ2) is 10.0. The lowest BCUT2D eigenvalue weighted by Gasteiger charge is -2.09. The molecule has 1 heterocycles. The molecule has 0 aliphatic carbocycles. The van der Waals surface area contributed by atoms with Crippen LogP contribution in [0, 0.1) is 0 Å². The Morgan fingerprint density at radius 3 is 2.61 bits per heavy atom. The van der Waals surface area contributed by atoms with Crippen LogP contribution < -0.4 is 5.43 Å². The van der Waals surface area contributed by atoms with E-state index in [-0.39, 0.29) is 11.7 Å². The van der Waals surface area contributed by atoms with Crippen molar-refractivity contribution >= 4 is 58.1 Å². The van der Waals surface area contributed by atoms with E-state index in [1.54, 1.807) is 18.2 Å². The van der Waals surface area contributed by atoms with Gasteiger partial charge < -0.3 is 4.57 Å². The SMILES string of the molecule is O=C(CSc1nc2ccccc2n1Cc1ccccc1)N/N=C/c1ccc(Cl)c(Cl)c1. The summed E-state index contributed by atoms with van der Waals surface area (Å²) in [4.78, 5) is 17.0. The highest BCUT2D eigenvalue weighted by molar-refractivity contribution is 7.99. The number of rotatable bonds is 7. The normalized spacial score (nSPS) is 11.3. The van der Waals surface area contributed by atoms with E-state index in [1.807, 2.05) is 42.5 Å². The van der Waals surface area contributed by atoms with Crippen LogP contribution in [0.4, 0.5) is 0 Å². The molecule has 0 saturated carbocycles. The second-order valence-corrected chi connectivity index (χ2v) is 8.47. The van der Waals surface area contributed by atoms with Gasteiger partial charge in [0.25, 0.3) is 5.91 Å². The Morgan fingerprint density at radius 2 is 1.81 bits per heavy atom. The maximum atomic E-state index is 12.3. The Hall–Kier alpha value is -2.80. The number of amides is 1. The van der Waals surface area contributed by atoms with Crippen LogP contribution in [0.25, 0.3) is 11.0 Å². The lowest BCUT2D eigenvalue weighted by Crippen LogP contribution is -2.20. The Labute approximate surface area is 194 Å². The van der Waals surface area contributed by atoms with Gasteiger partial charge in [-0.1, -0.05) is 83.5 Å². The van der Waals surface area contributed by atoms with Crippen molar-refractivity contribution in [3.8, 4) is 0 Å². The molecule has 31 heavy (non-hydrogen) atoms. The number of fused-ring (bicyclic) bond motifs is 1. The Bertz CT molecular complexity index is 1240. The van der Waals surface area contributed by atoms with E-state index >= 15 is 0 Å². The van der Waals surface area contributed by atoms with Crippen molar-refractivity contribution in [2.24, 2.45) is 5.10 Å². The number of thioether (sulfide) groups is 1. The minimum atomic E-state index is -0.223. The van der Waals surface area contributed by atoms with Crippen LogP contribution in [-0.2, 0) is 11.3 Å². The molecule has 4 aromatic rings. The molecule has 1 amide bonds. The van der Waals surface area contributed by atoms with Crippen LogP contribution >= 0.6 is 35.0 Å². The summed E-state index contributed by atoms with van der Waals surface area (Å²) in [7, 11) is 0. The van der Waals surface area contributed by atoms with Crippen molar-refractivity contribution in [2.45, 2.75) is 11.7 Å². The third-order valence-electron chi connectivity index (χ3n) is 4.48. The number of hydrogen-bond donors (Lipinski definition) is 1. The van der Waals surface area contributed by atoms with Gasteiger partial charge in [0.1, 0.15) is 0 Å². The lowest BCUT2D eigenvalue weighted by molar-refractivity contribution is -0.118. The van der Waals surface area contributed by atoms with Gasteiger partial charge in [-0.25, -0.2) is 10.4 Å². The number of hydrazone groups is 1. The van der Waals surface area contributed by atoms with Crippen LogP contribution in [0.5, 0.6) is 0 Å². The average Bonchev–Trinajstić information content (AvgIpc) is 3.13. The zero-order valence-corrected chi connectivity index (χ0v) is 18.7. The quantitative estimate of drug-likeness (QED) is 0.217. The van der Waals surface area contributed by atoms with E-state index in [4.69, 9.17) is 28.2 Å². The average molecular weight is 469 g/mol. The molecule has 0 radical (unpaired) electrons. The highest BCUT2D eigenvalue weighted by atomic mass is 35.5. The molecule has 0 atom stereocenters. The molecule has 4 rings (SSSR count). The maximum Gasteiger partial charge on any atom is 0.250 e. The molecule has 0 fully saturated rings. The predicted molar refractivity (Wildman–Crippen MR) is 128 cm³/mol. The predicted octanol–water partition coefficient (Wildman–Crippen LogP) is 5.63. The van der Waals surface area contributed by atoms with Crippen LogP contribution in [0.15, 0.2) is 83.1 Å². The summed E-state index contributed by atoms with van der Waals surface area (Å²) in [5.74, 6) is -0.0313. The fraction of sp³-hybridized carbons (Fsp3) is 0.0870. The molecule has 1 aromatic heterocycles. The summed E-state index contributed by atoms with van der Waals surface area (Å²) in [5, 5.41) is 5.68. The van der Waals surface area contributed by atoms with Gasteiger partial charge in [0.05, 0.1) is 39.6 Å². The summed E-state index contributed by atoms with van der Waals surface area (Å²) >= 11 is 13.3. The number of imidazole rings is 1. The summed E-state index contributed by atoms with van der Waals surface area (Å²) in [5.41, 5.74) is 6.38. The van der Waals surface area contributed by atoms with Gasteiger partial charge in [-0.3, -0.25) is 4.79 Å². The molecule has 0 spiro atoms. The molecule has 0 aliphatic rings. The molecule has 0 bridgehead atoms. The van der Waals surface area contributed by atoms with Gasteiger partial charge in [0, 0.05) is 0 Å². The van der Waals surface area contributed by atoms with E-state index in [0.29, 0.717) is 16.6 Å². The first-order chi connectivity index (χ1) is 15.1. The number of carbonyl (C=O) groups is 1. The Kier molecular flexibility index (Phi) is 6.92. The standard InChI is InChI=1S/C23H18Cl2N4OS/c24-18-11-10-17(12-19(18)25)13-26-28-22(30)15-31-23-27-20-8-4-5-9-21(20)29(23)14-16-6-2-1-3-7-16/h1-13H,14-15H2,(H,28,30)/b26-13+. The number of halogens is 2. The first-order valence-electron chi connectivity index (χ1n) is 9.49. The molecular weight excluding hydrogens is 451 g/mol. The zero-order valence-electron chi connectivity index (χ0n) is 16.3. The molecule has 5 nitrogen and oxygen atoms in total. The largest absolute Gasteiger partial charge is 0.314 e. The fourth-order valence-electron chi connectivity index (χ4n) is 3.02. The first-order valence-corrected chi connectivity index (χ1v) is 11.2. The van der Waals surface area contributed by atoms with Crippen molar-refractivity contribution in [3.63, 3.8) is 0 Å². The zero-order chi connectivity index (χ0) is 21.6. The van der Waals surface area contributed by atoms with Crippen molar-refractivity contribution in [3.05, 3.63) is 94.0 Å². The highest BCUT2D eigenvalue weighted by Crippen LogP contribution is 2.25. The van der Waals surface area contributed by atoms with Gasteiger partial charge in [-0.15, -0.1) is 0 Å². The Balaban J connectivity index is 1.43. The van der Waals surface area contributed by atoms with E-state index in [2.05, 4.69) is 27.2 Å². The van der Waals surface area contributed by atoms with Gasteiger partial charge in [-0.2, -0.15) is 5.10 Å². The number of para-hydroxylation sites is 2. The number of carbonyl (C=O) groups excluding carboxylic acids is 1. The summed E-state index contributed by atoms with van der Waals surface area (Å²) < 4.78 is 2.13. The van der Waals surface area contributed by atoms with Crippen molar-refractivity contribution in [2.75, 3.05) is 5.75 Å². The monoisotopic (exact) mass is 468 g/mol. The van der Waals surface area contributed by atoms with Crippen LogP contribution in [0.2, 0.25) is 10.0 Å². The minimum Gasteiger partial charge on any atom is -0.314 e. The van der Waals surface area contributed by atoms with E-state index in [9.17, 15) is 4.79 Å². The van der Waals surface area contributed by atoms with Gasteiger partial charge in [-0.05, 0) is 35.4 Å². The minimum absolute atomic E-state index is 0.191. The molecule has 0 aliphatic heterocycles. The van der Waals surface area contributed by atoms with Crippen LogP contribution in [0.1, 0.15) is 11.1 Å². The number of benzene rings is 3. The summed E-state index contributed by atoms with van der Waals surface area (Å²) in [6.07, 6.45) is 1.52. The number of nitrogens with zero attached hydrogens (tertiary/aromatic N) is 3. The molecule has 0 unspecified atom stereocenters. The second-order valence-electron chi connectivity index (χ2n) is 6.71. The van der Waals surface area contributed by atoms with Crippen molar-refractivity contribution < 1.29 is 4.79 Å². The van der Waals surface area contributed by atoms with Gasteiger partial charge >= 0.3 is 0 Å².